The molecule has 0 atom stereocenters. The molecule has 0 aliphatic heterocycles. The van der Waals surface area contributed by atoms with E-state index in [1.165, 1.54) is 24.6 Å². The van der Waals surface area contributed by atoms with Crippen LogP contribution in [0.4, 0.5) is 5.69 Å². The average molecular weight is 210 g/mol. The van der Waals surface area contributed by atoms with E-state index in [2.05, 4.69) is 16.3 Å². The largest absolute Gasteiger partial charge is 0.396 e. The van der Waals surface area contributed by atoms with Gasteiger partial charge in [-0.2, -0.15) is 5.10 Å². The lowest BCUT2D eigenvalue weighted by molar-refractivity contribution is 0.738. The Balaban J connectivity index is 2.40. The molecule has 4 heteroatoms. The molecule has 1 aromatic heterocycles. The monoisotopic (exact) mass is 209 g/mol. The molecule has 0 bridgehead atoms. The lowest BCUT2D eigenvalue weighted by Gasteiger charge is -2.13. The van der Waals surface area contributed by atoms with Crippen LogP contribution < -0.4 is 5.73 Å². The molecule has 0 saturated heterocycles. The van der Waals surface area contributed by atoms with Crippen molar-refractivity contribution in [2.75, 3.05) is 5.73 Å². The minimum atomic E-state index is 0.487. The number of rotatable bonds is 1. The lowest BCUT2D eigenvalue weighted by Crippen LogP contribution is -2.02. The number of aromatic nitrogens is 2. The van der Waals surface area contributed by atoms with Crippen LogP contribution in [-0.2, 0) is 0 Å². The Hall–Kier alpha value is -1.09. The molecule has 1 heterocycles. The third-order valence-electron chi connectivity index (χ3n) is 2.44. The number of hydrogen-bond donors (Lipinski definition) is 1. The van der Waals surface area contributed by atoms with Crippen LogP contribution in [0.15, 0.2) is 12.3 Å². The summed E-state index contributed by atoms with van der Waals surface area (Å²) in [6.07, 6.45) is 8.23. The molecule has 2 rings (SSSR count). The molecule has 1 aliphatic carbocycles. The molecule has 1 aromatic rings. The Morgan fingerprint density at radius 2 is 2.21 bits per heavy atom. The first kappa shape index (κ1) is 9.46. The summed E-state index contributed by atoms with van der Waals surface area (Å²) in [6, 6.07) is 0. The van der Waals surface area contributed by atoms with Gasteiger partial charge in [-0.15, -0.1) is 5.10 Å². The van der Waals surface area contributed by atoms with Gasteiger partial charge >= 0.3 is 0 Å². The SMILES string of the molecule is Nc1c(Cl)cnnc1C1=CCCCC1. The Labute approximate surface area is 88.0 Å². The van der Waals surface area contributed by atoms with Crippen molar-refractivity contribution in [3.05, 3.63) is 23.0 Å². The summed E-state index contributed by atoms with van der Waals surface area (Å²) in [7, 11) is 0. The molecule has 0 amide bonds. The van der Waals surface area contributed by atoms with Crippen LogP contribution in [0.5, 0.6) is 0 Å². The van der Waals surface area contributed by atoms with Gasteiger partial charge in [0.2, 0.25) is 0 Å². The second-order valence-electron chi connectivity index (χ2n) is 3.43. The molecule has 14 heavy (non-hydrogen) atoms. The summed E-state index contributed by atoms with van der Waals surface area (Å²) >= 11 is 5.88. The van der Waals surface area contributed by atoms with Crippen molar-refractivity contribution in [3.8, 4) is 0 Å². The second kappa shape index (κ2) is 3.96. The summed E-state index contributed by atoms with van der Waals surface area (Å²) in [4.78, 5) is 0. The average Bonchev–Trinajstić information content (AvgIpc) is 2.23. The van der Waals surface area contributed by atoms with Crippen LogP contribution in [0.2, 0.25) is 5.02 Å². The third-order valence-corrected chi connectivity index (χ3v) is 2.74. The normalized spacial score (nSPS) is 16.5. The zero-order valence-corrected chi connectivity index (χ0v) is 8.59. The topological polar surface area (TPSA) is 51.8 Å². The highest BCUT2D eigenvalue weighted by molar-refractivity contribution is 6.33. The van der Waals surface area contributed by atoms with E-state index in [1.807, 2.05) is 0 Å². The molecular formula is C10H12ClN3. The Bertz CT molecular complexity index is 374. The fourth-order valence-electron chi connectivity index (χ4n) is 1.66. The van der Waals surface area contributed by atoms with Crippen LogP contribution >= 0.6 is 11.6 Å². The number of nitrogens with two attached hydrogens (primary N) is 1. The standard InChI is InChI=1S/C10H12ClN3/c11-8-6-13-14-10(9(8)12)7-4-2-1-3-5-7/h4,6H,1-3,5H2,(H2,12,13). The second-order valence-corrected chi connectivity index (χ2v) is 3.84. The molecule has 0 fully saturated rings. The number of nitrogen functional groups attached to an aromatic ring is 1. The summed E-state index contributed by atoms with van der Waals surface area (Å²) in [5.74, 6) is 0. The van der Waals surface area contributed by atoms with Crippen LogP contribution in [-0.4, -0.2) is 10.2 Å². The van der Waals surface area contributed by atoms with E-state index in [0.717, 1.165) is 18.5 Å². The molecule has 0 saturated carbocycles. The van der Waals surface area contributed by atoms with Gasteiger partial charge in [-0.1, -0.05) is 17.7 Å². The number of halogens is 1. The summed E-state index contributed by atoms with van der Waals surface area (Å²) < 4.78 is 0. The first-order chi connectivity index (χ1) is 6.79. The van der Waals surface area contributed by atoms with Gasteiger partial charge in [0.15, 0.2) is 0 Å². The van der Waals surface area contributed by atoms with Gasteiger partial charge < -0.3 is 5.73 Å². The Morgan fingerprint density at radius 1 is 1.36 bits per heavy atom. The van der Waals surface area contributed by atoms with Gasteiger partial charge in [-0.05, 0) is 31.3 Å². The molecule has 2 N–H and O–H groups in total. The summed E-state index contributed by atoms with van der Waals surface area (Å²) in [6.45, 7) is 0. The highest BCUT2D eigenvalue weighted by atomic mass is 35.5. The van der Waals surface area contributed by atoms with Crippen molar-refractivity contribution in [3.63, 3.8) is 0 Å². The van der Waals surface area contributed by atoms with Crippen molar-refractivity contribution in [2.45, 2.75) is 25.7 Å². The molecule has 3 nitrogen and oxygen atoms in total. The van der Waals surface area contributed by atoms with Crippen LogP contribution in [0.25, 0.3) is 5.57 Å². The van der Waals surface area contributed by atoms with Crippen molar-refractivity contribution < 1.29 is 0 Å². The van der Waals surface area contributed by atoms with E-state index in [1.54, 1.807) is 0 Å². The maximum Gasteiger partial charge on any atom is 0.113 e. The zero-order chi connectivity index (χ0) is 9.97. The van der Waals surface area contributed by atoms with Gasteiger partial charge in [-0.3, -0.25) is 0 Å². The van der Waals surface area contributed by atoms with E-state index >= 15 is 0 Å². The summed E-state index contributed by atoms with van der Waals surface area (Å²) in [5.41, 5.74) is 8.33. The summed E-state index contributed by atoms with van der Waals surface area (Å²) in [5, 5.41) is 8.34. The van der Waals surface area contributed by atoms with Gasteiger partial charge in [-0.25, -0.2) is 0 Å². The number of nitrogens with zero attached hydrogens (tertiary/aromatic N) is 2. The minimum absolute atomic E-state index is 0.487. The number of anilines is 1. The van der Waals surface area contributed by atoms with Crippen molar-refractivity contribution in [1.82, 2.24) is 10.2 Å². The third kappa shape index (κ3) is 1.73. The van der Waals surface area contributed by atoms with Gasteiger partial charge in [0.25, 0.3) is 0 Å². The minimum Gasteiger partial charge on any atom is -0.396 e. The van der Waals surface area contributed by atoms with Crippen LogP contribution in [0.1, 0.15) is 31.4 Å². The van der Waals surface area contributed by atoms with E-state index in [9.17, 15) is 0 Å². The maximum absolute atomic E-state index is 5.88. The van der Waals surface area contributed by atoms with Gasteiger partial charge in [0.1, 0.15) is 5.69 Å². The smallest absolute Gasteiger partial charge is 0.113 e. The molecule has 0 unspecified atom stereocenters. The Kier molecular flexibility index (Phi) is 2.68. The zero-order valence-electron chi connectivity index (χ0n) is 7.83. The van der Waals surface area contributed by atoms with E-state index < -0.39 is 0 Å². The Morgan fingerprint density at radius 3 is 2.93 bits per heavy atom. The maximum atomic E-state index is 5.88. The lowest BCUT2D eigenvalue weighted by atomic mass is 9.96. The number of hydrogen-bond acceptors (Lipinski definition) is 3. The quantitative estimate of drug-likeness (QED) is 0.774. The highest BCUT2D eigenvalue weighted by Crippen LogP contribution is 2.31. The van der Waals surface area contributed by atoms with Gasteiger partial charge in [0.05, 0.1) is 16.9 Å². The highest BCUT2D eigenvalue weighted by Gasteiger charge is 2.12. The molecule has 74 valence electrons. The molecule has 0 aromatic carbocycles. The molecular weight excluding hydrogens is 198 g/mol. The van der Waals surface area contributed by atoms with Crippen molar-refractivity contribution >= 4 is 22.9 Å². The first-order valence-corrected chi connectivity index (χ1v) is 5.13. The fraction of sp³-hybridized carbons (Fsp3) is 0.400. The molecule has 1 aliphatic rings. The van der Waals surface area contributed by atoms with Crippen molar-refractivity contribution in [1.29, 1.82) is 0 Å². The van der Waals surface area contributed by atoms with Gasteiger partial charge in [0, 0.05) is 0 Å². The van der Waals surface area contributed by atoms with Crippen LogP contribution in [0, 0.1) is 0 Å². The number of allylic oxidation sites excluding steroid dienone is 2. The van der Waals surface area contributed by atoms with Crippen LogP contribution in [0.3, 0.4) is 0 Å². The van der Waals surface area contributed by atoms with Crippen molar-refractivity contribution in [2.24, 2.45) is 0 Å². The fourth-order valence-corrected chi connectivity index (χ4v) is 1.80. The first-order valence-electron chi connectivity index (χ1n) is 4.75. The predicted molar refractivity (Wildman–Crippen MR) is 57.9 cm³/mol. The molecule has 0 radical (unpaired) electrons. The van der Waals surface area contributed by atoms with E-state index in [-0.39, 0.29) is 0 Å². The van der Waals surface area contributed by atoms with E-state index in [0.29, 0.717) is 10.7 Å². The van der Waals surface area contributed by atoms with E-state index in [4.69, 9.17) is 17.3 Å². The predicted octanol–water partition coefficient (Wildman–Crippen LogP) is 2.67. The molecule has 0 spiro atoms.